The van der Waals surface area contributed by atoms with Crippen LogP contribution in [0.15, 0.2) is 72.8 Å². The van der Waals surface area contributed by atoms with Gasteiger partial charge in [0.1, 0.15) is 5.75 Å². The topological polar surface area (TPSA) is 42.4 Å². The zero-order valence-corrected chi connectivity index (χ0v) is 17.4. The summed E-state index contributed by atoms with van der Waals surface area (Å²) in [4.78, 5) is 19.8. The Bertz CT molecular complexity index is 1140. The van der Waals surface area contributed by atoms with Crippen LogP contribution >= 0.6 is 22.9 Å². The number of amides is 1. The quantitative estimate of drug-likeness (QED) is 0.371. The lowest BCUT2D eigenvalue weighted by atomic mass is 10.1. The van der Waals surface area contributed by atoms with E-state index in [1.807, 2.05) is 55.5 Å². The van der Waals surface area contributed by atoms with Gasteiger partial charge in [0.2, 0.25) is 0 Å². The van der Waals surface area contributed by atoms with Gasteiger partial charge in [-0.1, -0.05) is 59.3 Å². The fraction of sp³-hybridized carbons (Fsp3) is 0.130. The molecule has 0 aliphatic carbocycles. The first-order chi connectivity index (χ1) is 14.1. The maximum absolute atomic E-state index is 13.4. The SMILES string of the molecule is CCOc1ccc2nc(N(Cc3ccccc3)C(=O)c3cccc(Cl)c3)sc2c1. The van der Waals surface area contributed by atoms with Crippen molar-refractivity contribution in [1.82, 2.24) is 4.98 Å². The van der Waals surface area contributed by atoms with E-state index in [-0.39, 0.29) is 5.91 Å². The number of ether oxygens (including phenoxy) is 1. The fourth-order valence-electron chi connectivity index (χ4n) is 3.03. The van der Waals surface area contributed by atoms with Crippen molar-refractivity contribution in [1.29, 1.82) is 0 Å². The normalized spacial score (nSPS) is 10.8. The summed E-state index contributed by atoms with van der Waals surface area (Å²) in [6, 6.07) is 22.7. The highest BCUT2D eigenvalue weighted by atomic mass is 35.5. The molecule has 3 aromatic carbocycles. The van der Waals surface area contributed by atoms with Gasteiger partial charge in [0.15, 0.2) is 5.13 Å². The number of benzene rings is 3. The Balaban J connectivity index is 1.75. The largest absolute Gasteiger partial charge is 0.494 e. The van der Waals surface area contributed by atoms with Crippen LogP contribution in [0.5, 0.6) is 5.75 Å². The minimum absolute atomic E-state index is 0.138. The highest BCUT2D eigenvalue weighted by Crippen LogP contribution is 2.33. The molecule has 4 aromatic rings. The molecule has 0 aliphatic heterocycles. The van der Waals surface area contributed by atoms with Gasteiger partial charge in [-0.2, -0.15) is 0 Å². The van der Waals surface area contributed by atoms with Crippen LogP contribution in [0, 0.1) is 0 Å². The second-order valence-electron chi connectivity index (χ2n) is 6.45. The highest BCUT2D eigenvalue weighted by molar-refractivity contribution is 7.22. The third kappa shape index (κ3) is 4.42. The number of hydrogen-bond donors (Lipinski definition) is 0. The van der Waals surface area contributed by atoms with E-state index in [9.17, 15) is 4.79 Å². The van der Waals surface area contributed by atoms with E-state index in [4.69, 9.17) is 21.3 Å². The van der Waals surface area contributed by atoms with Gasteiger partial charge in [-0.05, 0) is 48.9 Å². The monoisotopic (exact) mass is 422 g/mol. The maximum Gasteiger partial charge on any atom is 0.260 e. The molecule has 6 heteroatoms. The van der Waals surface area contributed by atoms with Crippen molar-refractivity contribution in [3.8, 4) is 5.75 Å². The average molecular weight is 423 g/mol. The molecule has 29 heavy (non-hydrogen) atoms. The molecule has 4 nitrogen and oxygen atoms in total. The Morgan fingerprint density at radius 2 is 1.90 bits per heavy atom. The molecule has 0 saturated carbocycles. The summed E-state index contributed by atoms with van der Waals surface area (Å²) in [5.74, 6) is 0.659. The molecular formula is C23H19ClN2O2S. The summed E-state index contributed by atoms with van der Waals surface area (Å²) in [6.45, 7) is 2.97. The Hall–Kier alpha value is -2.89. The van der Waals surface area contributed by atoms with E-state index in [1.54, 1.807) is 29.2 Å². The standard InChI is InChI=1S/C23H19ClN2O2S/c1-2-28-19-11-12-20-21(14-19)29-23(25-20)26(15-16-7-4-3-5-8-16)22(27)17-9-6-10-18(24)13-17/h3-14H,2,15H2,1H3. The van der Waals surface area contributed by atoms with Crippen LogP contribution in [0.1, 0.15) is 22.8 Å². The third-order valence-corrected chi connectivity index (χ3v) is 5.67. The zero-order chi connectivity index (χ0) is 20.2. The molecule has 0 bridgehead atoms. The second kappa shape index (κ2) is 8.64. The van der Waals surface area contributed by atoms with E-state index in [1.165, 1.54) is 11.3 Å². The van der Waals surface area contributed by atoms with Crippen LogP contribution in [0.25, 0.3) is 10.2 Å². The first-order valence-electron chi connectivity index (χ1n) is 9.29. The van der Waals surface area contributed by atoms with E-state index < -0.39 is 0 Å². The molecule has 0 spiro atoms. The third-order valence-electron chi connectivity index (χ3n) is 4.39. The molecule has 4 rings (SSSR count). The molecule has 0 unspecified atom stereocenters. The number of nitrogens with zero attached hydrogens (tertiary/aromatic N) is 2. The van der Waals surface area contributed by atoms with Gasteiger partial charge in [0.05, 0.1) is 23.4 Å². The molecule has 0 N–H and O–H groups in total. The van der Waals surface area contributed by atoms with Crippen molar-refractivity contribution in [3.63, 3.8) is 0 Å². The maximum atomic E-state index is 13.4. The summed E-state index contributed by atoms with van der Waals surface area (Å²) in [5, 5.41) is 1.17. The molecule has 0 aliphatic rings. The van der Waals surface area contributed by atoms with Crippen molar-refractivity contribution in [3.05, 3.63) is 88.9 Å². The van der Waals surface area contributed by atoms with Crippen LogP contribution in [0.3, 0.4) is 0 Å². The number of anilines is 1. The lowest BCUT2D eigenvalue weighted by Crippen LogP contribution is -2.30. The van der Waals surface area contributed by atoms with Crippen molar-refractivity contribution >= 4 is 44.2 Å². The van der Waals surface area contributed by atoms with Gasteiger partial charge >= 0.3 is 0 Å². The van der Waals surface area contributed by atoms with Gasteiger partial charge in [0.25, 0.3) is 5.91 Å². The summed E-state index contributed by atoms with van der Waals surface area (Å²) in [7, 11) is 0. The molecule has 146 valence electrons. The van der Waals surface area contributed by atoms with Crippen LogP contribution in [0.2, 0.25) is 5.02 Å². The van der Waals surface area contributed by atoms with Crippen molar-refractivity contribution in [2.24, 2.45) is 0 Å². The first-order valence-corrected chi connectivity index (χ1v) is 10.5. The number of rotatable bonds is 6. The predicted octanol–water partition coefficient (Wildman–Crippen LogP) is 6.20. The number of hydrogen-bond acceptors (Lipinski definition) is 4. The minimum Gasteiger partial charge on any atom is -0.494 e. The molecule has 1 heterocycles. The molecular weight excluding hydrogens is 404 g/mol. The van der Waals surface area contributed by atoms with Gasteiger partial charge in [-0.3, -0.25) is 9.69 Å². The summed E-state index contributed by atoms with van der Waals surface area (Å²) in [5.41, 5.74) is 2.39. The molecule has 1 amide bonds. The van der Waals surface area contributed by atoms with Gasteiger partial charge in [-0.15, -0.1) is 0 Å². The zero-order valence-electron chi connectivity index (χ0n) is 15.8. The predicted molar refractivity (Wildman–Crippen MR) is 119 cm³/mol. The Labute approximate surface area is 178 Å². The van der Waals surface area contributed by atoms with Crippen LogP contribution in [-0.4, -0.2) is 17.5 Å². The Kier molecular flexibility index (Phi) is 5.79. The molecule has 0 fully saturated rings. The summed E-state index contributed by atoms with van der Waals surface area (Å²) in [6.07, 6.45) is 0. The molecule has 1 aromatic heterocycles. The molecule has 0 atom stereocenters. The van der Waals surface area contributed by atoms with Crippen molar-refractivity contribution in [2.45, 2.75) is 13.5 Å². The number of carbonyl (C=O) groups is 1. The Morgan fingerprint density at radius 1 is 1.07 bits per heavy atom. The minimum atomic E-state index is -0.138. The van der Waals surface area contributed by atoms with Gasteiger partial charge in [-0.25, -0.2) is 4.98 Å². The van der Waals surface area contributed by atoms with E-state index in [2.05, 4.69) is 0 Å². The number of fused-ring (bicyclic) bond motifs is 1. The van der Waals surface area contributed by atoms with Crippen LogP contribution in [0.4, 0.5) is 5.13 Å². The lowest BCUT2D eigenvalue weighted by Gasteiger charge is -2.20. The highest BCUT2D eigenvalue weighted by Gasteiger charge is 2.22. The van der Waals surface area contributed by atoms with Gasteiger partial charge in [0, 0.05) is 10.6 Å². The second-order valence-corrected chi connectivity index (χ2v) is 7.89. The van der Waals surface area contributed by atoms with Crippen molar-refractivity contribution < 1.29 is 9.53 Å². The Morgan fingerprint density at radius 3 is 2.66 bits per heavy atom. The summed E-state index contributed by atoms with van der Waals surface area (Å²) >= 11 is 7.59. The van der Waals surface area contributed by atoms with Crippen molar-refractivity contribution in [2.75, 3.05) is 11.5 Å². The number of carbonyl (C=O) groups excluding carboxylic acids is 1. The van der Waals surface area contributed by atoms with E-state index in [0.717, 1.165) is 21.5 Å². The molecule has 0 radical (unpaired) electrons. The number of aromatic nitrogens is 1. The lowest BCUT2D eigenvalue weighted by molar-refractivity contribution is 0.0985. The average Bonchev–Trinajstić information content (AvgIpc) is 3.15. The number of thiazole rings is 1. The molecule has 0 saturated heterocycles. The van der Waals surface area contributed by atoms with E-state index >= 15 is 0 Å². The summed E-state index contributed by atoms with van der Waals surface area (Å²) < 4.78 is 6.57. The van der Waals surface area contributed by atoms with E-state index in [0.29, 0.717) is 28.9 Å². The van der Waals surface area contributed by atoms with Gasteiger partial charge < -0.3 is 4.74 Å². The smallest absolute Gasteiger partial charge is 0.260 e. The van der Waals surface area contributed by atoms with Crippen LogP contribution in [-0.2, 0) is 6.54 Å². The first kappa shape index (κ1) is 19.4. The van der Waals surface area contributed by atoms with Crippen LogP contribution < -0.4 is 9.64 Å². The fourth-order valence-corrected chi connectivity index (χ4v) is 4.22. The number of halogens is 1.